The Kier molecular flexibility index (Phi) is 6.20. The van der Waals surface area contributed by atoms with Gasteiger partial charge in [-0.05, 0) is 60.5 Å². The highest BCUT2D eigenvalue weighted by atomic mass is 35.5. The minimum Gasteiger partial charge on any atom is -0.348 e. The van der Waals surface area contributed by atoms with Gasteiger partial charge in [0, 0.05) is 17.8 Å². The van der Waals surface area contributed by atoms with Gasteiger partial charge in [0.1, 0.15) is 10.7 Å². The van der Waals surface area contributed by atoms with E-state index in [2.05, 4.69) is 10.0 Å². The van der Waals surface area contributed by atoms with Gasteiger partial charge in [0.05, 0.1) is 5.02 Å². The van der Waals surface area contributed by atoms with Crippen molar-refractivity contribution in [2.75, 3.05) is 4.72 Å². The van der Waals surface area contributed by atoms with Gasteiger partial charge in [-0.25, -0.2) is 12.8 Å². The maximum absolute atomic E-state index is 13.0. The van der Waals surface area contributed by atoms with E-state index in [4.69, 9.17) is 11.6 Å². The summed E-state index contributed by atoms with van der Waals surface area (Å²) in [5.74, 6) is -0.841. The van der Waals surface area contributed by atoms with Crippen LogP contribution in [-0.2, 0) is 16.6 Å². The van der Waals surface area contributed by atoms with Crippen molar-refractivity contribution >= 4 is 33.2 Å². The monoisotopic (exact) mass is 432 g/mol. The van der Waals surface area contributed by atoms with Crippen molar-refractivity contribution < 1.29 is 17.6 Å². The van der Waals surface area contributed by atoms with E-state index in [1.165, 1.54) is 30.3 Å². The van der Waals surface area contributed by atoms with Crippen molar-refractivity contribution in [3.63, 3.8) is 0 Å². The Bertz CT molecular complexity index is 1150. The van der Waals surface area contributed by atoms with Crippen molar-refractivity contribution in [3.05, 3.63) is 94.3 Å². The van der Waals surface area contributed by atoms with Crippen molar-refractivity contribution in [1.29, 1.82) is 0 Å². The minimum atomic E-state index is -3.99. The van der Waals surface area contributed by atoms with Crippen LogP contribution in [0.25, 0.3) is 0 Å². The van der Waals surface area contributed by atoms with Crippen LogP contribution in [0, 0.1) is 12.7 Å². The van der Waals surface area contributed by atoms with E-state index in [-0.39, 0.29) is 27.8 Å². The number of nitrogens with one attached hydrogen (secondary N) is 2. The van der Waals surface area contributed by atoms with Gasteiger partial charge in [0.2, 0.25) is 0 Å². The lowest BCUT2D eigenvalue weighted by molar-refractivity contribution is 0.0950. The van der Waals surface area contributed by atoms with Crippen LogP contribution in [0.4, 0.5) is 10.1 Å². The molecule has 0 aliphatic heterocycles. The summed E-state index contributed by atoms with van der Waals surface area (Å²) in [6, 6.07) is 16.6. The van der Waals surface area contributed by atoms with Gasteiger partial charge in [-0.2, -0.15) is 0 Å². The molecule has 2 N–H and O–H groups in total. The second-order valence-corrected chi connectivity index (χ2v) is 8.49. The van der Waals surface area contributed by atoms with E-state index in [1.807, 2.05) is 13.0 Å². The van der Waals surface area contributed by atoms with Crippen LogP contribution in [0.15, 0.2) is 71.6 Å². The summed E-state index contributed by atoms with van der Waals surface area (Å²) in [7, 11) is -3.99. The van der Waals surface area contributed by atoms with E-state index in [0.29, 0.717) is 11.3 Å². The van der Waals surface area contributed by atoms with E-state index >= 15 is 0 Å². The fourth-order valence-electron chi connectivity index (χ4n) is 2.66. The number of sulfonamides is 1. The molecule has 29 heavy (non-hydrogen) atoms. The number of carbonyl (C=O) groups is 1. The molecule has 3 aromatic carbocycles. The molecule has 0 fully saturated rings. The number of rotatable bonds is 6. The molecule has 1 amide bonds. The largest absolute Gasteiger partial charge is 0.348 e. The van der Waals surface area contributed by atoms with Gasteiger partial charge < -0.3 is 5.32 Å². The lowest BCUT2D eigenvalue weighted by Crippen LogP contribution is -2.23. The van der Waals surface area contributed by atoms with Gasteiger partial charge in [0.15, 0.2) is 0 Å². The lowest BCUT2D eigenvalue weighted by Gasteiger charge is -2.12. The summed E-state index contributed by atoms with van der Waals surface area (Å²) in [6.45, 7) is 2.02. The van der Waals surface area contributed by atoms with Crippen LogP contribution < -0.4 is 10.0 Å². The van der Waals surface area contributed by atoms with Gasteiger partial charge in [-0.3, -0.25) is 9.52 Å². The van der Waals surface area contributed by atoms with Crippen molar-refractivity contribution in [2.45, 2.75) is 18.4 Å². The summed E-state index contributed by atoms with van der Waals surface area (Å²) in [6.07, 6.45) is 0. The molecule has 0 saturated carbocycles. The molecule has 0 bridgehead atoms. The molecule has 5 nitrogen and oxygen atoms in total. The number of aryl methyl sites for hydroxylation is 1. The first-order chi connectivity index (χ1) is 13.7. The van der Waals surface area contributed by atoms with Crippen LogP contribution in [0.2, 0.25) is 5.02 Å². The first kappa shape index (κ1) is 20.8. The number of halogens is 2. The molecule has 0 spiro atoms. The first-order valence-corrected chi connectivity index (χ1v) is 10.5. The highest BCUT2D eigenvalue weighted by molar-refractivity contribution is 7.92. The van der Waals surface area contributed by atoms with E-state index in [9.17, 15) is 17.6 Å². The number of benzene rings is 3. The Morgan fingerprint density at radius 2 is 1.76 bits per heavy atom. The zero-order chi connectivity index (χ0) is 21.0. The number of carbonyl (C=O) groups excluding carboxylic acids is 1. The molecule has 3 rings (SSSR count). The third-order valence-corrected chi connectivity index (χ3v) is 5.98. The van der Waals surface area contributed by atoms with Crippen molar-refractivity contribution in [2.24, 2.45) is 0 Å². The van der Waals surface area contributed by atoms with Crippen LogP contribution in [-0.4, -0.2) is 14.3 Å². The highest BCUT2D eigenvalue weighted by Gasteiger charge is 2.20. The molecule has 0 heterocycles. The number of hydrogen-bond acceptors (Lipinski definition) is 3. The Morgan fingerprint density at radius 3 is 2.45 bits per heavy atom. The molecule has 0 aliphatic rings. The average molecular weight is 433 g/mol. The van der Waals surface area contributed by atoms with Crippen LogP contribution in [0.1, 0.15) is 21.5 Å². The predicted molar refractivity (Wildman–Crippen MR) is 111 cm³/mol. The average Bonchev–Trinajstić information content (AvgIpc) is 2.67. The molecule has 0 saturated heterocycles. The van der Waals surface area contributed by atoms with E-state index < -0.39 is 15.9 Å². The molecule has 0 unspecified atom stereocenters. The summed E-state index contributed by atoms with van der Waals surface area (Å²) in [5.41, 5.74) is 2.14. The smallest absolute Gasteiger partial charge is 0.263 e. The molecule has 0 aliphatic carbocycles. The maximum atomic E-state index is 13.0. The Hall–Kier alpha value is -2.90. The summed E-state index contributed by atoms with van der Waals surface area (Å²) in [5, 5.41) is 2.67. The topological polar surface area (TPSA) is 75.3 Å². The van der Waals surface area contributed by atoms with Gasteiger partial charge in [0.25, 0.3) is 15.9 Å². The van der Waals surface area contributed by atoms with Gasteiger partial charge in [-0.15, -0.1) is 0 Å². The number of anilines is 1. The molecule has 8 heteroatoms. The molecular weight excluding hydrogens is 415 g/mol. The predicted octanol–water partition coefficient (Wildman–Crippen LogP) is 4.52. The summed E-state index contributed by atoms with van der Waals surface area (Å²) in [4.78, 5) is 12.2. The Morgan fingerprint density at radius 1 is 1.03 bits per heavy atom. The summed E-state index contributed by atoms with van der Waals surface area (Å²) >= 11 is 6.08. The fourth-order valence-corrected chi connectivity index (χ4v) is 4.23. The molecule has 150 valence electrons. The zero-order valence-electron chi connectivity index (χ0n) is 15.4. The SMILES string of the molecule is Cc1cccc(NS(=O)(=O)c2cc(C(=O)NCc3ccc(F)cc3)ccc2Cl)c1. The molecule has 3 aromatic rings. The van der Waals surface area contributed by atoms with Gasteiger partial charge in [-0.1, -0.05) is 35.9 Å². The Labute approximate surface area is 173 Å². The molecule has 0 radical (unpaired) electrons. The van der Waals surface area contributed by atoms with Crippen LogP contribution >= 0.6 is 11.6 Å². The van der Waals surface area contributed by atoms with Gasteiger partial charge >= 0.3 is 0 Å². The standard InChI is InChI=1S/C21H18ClFN2O3S/c1-14-3-2-4-18(11-14)25-29(27,28)20-12-16(7-10-19(20)22)21(26)24-13-15-5-8-17(23)9-6-15/h2-12,25H,13H2,1H3,(H,24,26). The number of hydrogen-bond donors (Lipinski definition) is 2. The zero-order valence-corrected chi connectivity index (χ0v) is 17.0. The van der Waals surface area contributed by atoms with Crippen LogP contribution in [0.3, 0.4) is 0 Å². The molecule has 0 atom stereocenters. The fraction of sp³-hybridized carbons (Fsp3) is 0.0952. The molecule has 0 aromatic heterocycles. The van der Waals surface area contributed by atoms with E-state index in [1.54, 1.807) is 30.3 Å². The van der Waals surface area contributed by atoms with Crippen LogP contribution in [0.5, 0.6) is 0 Å². The normalized spacial score (nSPS) is 11.1. The Balaban J connectivity index is 1.79. The first-order valence-electron chi connectivity index (χ1n) is 8.66. The van der Waals surface area contributed by atoms with Crippen molar-refractivity contribution in [1.82, 2.24) is 5.32 Å². The van der Waals surface area contributed by atoms with Crippen molar-refractivity contribution in [3.8, 4) is 0 Å². The summed E-state index contributed by atoms with van der Waals surface area (Å²) < 4.78 is 40.9. The molecular formula is C21H18ClFN2O3S. The highest BCUT2D eigenvalue weighted by Crippen LogP contribution is 2.25. The minimum absolute atomic E-state index is 0.000220. The third-order valence-electron chi connectivity index (χ3n) is 4.12. The van der Waals surface area contributed by atoms with E-state index in [0.717, 1.165) is 5.56 Å². The lowest BCUT2D eigenvalue weighted by atomic mass is 10.2. The second kappa shape index (κ2) is 8.63. The number of amides is 1. The second-order valence-electron chi connectivity index (χ2n) is 6.43. The maximum Gasteiger partial charge on any atom is 0.263 e. The quantitative estimate of drug-likeness (QED) is 0.601. The third kappa shape index (κ3) is 5.34.